The Bertz CT molecular complexity index is 401. The Balaban J connectivity index is 3.30. The third kappa shape index (κ3) is 20.0. The molecule has 0 bridgehead atoms. The number of carbonyl (C=O) groups excluding carboxylic acids is 2. The van der Waals surface area contributed by atoms with Crippen molar-refractivity contribution in [3.63, 3.8) is 0 Å². The second kappa shape index (κ2) is 22.4. The maximum Gasteiger partial charge on any atom is 0.407 e. The topological polar surface area (TPSA) is 64.6 Å². The molecule has 1 N–H and O–H groups in total. The van der Waals surface area contributed by atoms with E-state index in [-0.39, 0.29) is 0 Å². The van der Waals surface area contributed by atoms with Crippen LogP contribution in [-0.2, 0) is 14.3 Å². The summed E-state index contributed by atoms with van der Waals surface area (Å²) >= 11 is 0. The quantitative estimate of drug-likeness (QED) is 0.154. The molecular weight excluding hydrogens is 378 g/mol. The SMILES string of the molecule is CCCCCCCCCCCCCCCCCCOC(=O)C(C)NC(=O)OCCC. The number of alkyl carbamates (subject to hydrolysis) is 1. The van der Waals surface area contributed by atoms with Crippen LogP contribution in [0.3, 0.4) is 0 Å². The highest BCUT2D eigenvalue weighted by atomic mass is 16.6. The van der Waals surface area contributed by atoms with Crippen LogP contribution in [0.15, 0.2) is 0 Å². The molecule has 0 saturated carbocycles. The van der Waals surface area contributed by atoms with E-state index >= 15 is 0 Å². The van der Waals surface area contributed by atoms with E-state index in [4.69, 9.17) is 9.47 Å². The molecule has 0 aromatic carbocycles. The van der Waals surface area contributed by atoms with Crippen LogP contribution in [0.1, 0.15) is 130 Å². The van der Waals surface area contributed by atoms with E-state index in [1.165, 1.54) is 89.9 Å². The molecule has 0 heterocycles. The molecule has 0 aromatic heterocycles. The number of esters is 1. The summed E-state index contributed by atoms with van der Waals surface area (Å²) in [5.74, 6) is -0.399. The van der Waals surface area contributed by atoms with Crippen molar-refractivity contribution in [1.82, 2.24) is 5.32 Å². The zero-order chi connectivity index (χ0) is 22.3. The molecule has 5 heteroatoms. The van der Waals surface area contributed by atoms with Crippen molar-refractivity contribution in [1.29, 1.82) is 0 Å². The van der Waals surface area contributed by atoms with Gasteiger partial charge in [-0.05, 0) is 19.8 Å². The smallest absolute Gasteiger partial charge is 0.407 e. The maximum absolute atomic E-state index is 11.8. The van der Waals surface area contributed by atoms with Gasteiger partial charge in [-0.3, -0.25) is 0 Å². The first-order chi connectivity index (χ1) is 14.6. The monoisotopic (exact) mass is 427 g/mol. The van der Waals surface area contributed by atoms with Gasteiger partial charge in [0.2, 0.25) is 0 Å². The fourth-order valence-corrected chi connectivity index (χ4v) is 3.42. The van der Waals surface area contributed by atoms with Crippen molar-refractivity contribution in [2.45, 2.75) is 136 Å². The van der Waals surface area contributed by atoms with Crippen molar-refractivity contribution >= 4 is 12.1 Å². The molecule has 0 aliphatic heterocycles. The molecule has 0 fully saturated rings. The maximum atomic E-state index is 11.8. The molecule has 30 heavy (non-hydrogen) atoms. The highest BCUT2D eigenvalue weighted by Gasteiger charge is 2.17. The molecule has 0 aromatic rings. The summed E-state index contributed by atoms with van der Waals surface area (Å²) in [6.45, 7) is 6.58. The zero-order valence-electron chi connectivity index (χ0n) is 20.1. The highest BCUT2D eigenvalue weighted by molar-refractivity contribution is 5.80. The number of rotatable bonds is 21. The molecule has 0 spiro atoms. The van der Waals surface area contributed by atoms with Gasteiger partial charge in [0.25, 0.3) is 0 Å². The van der Waals surface area contributed by atoms with Crippen LogP contribution in [-0.4, -0.2) is 31.3 Å². The Morgan fingerprint density at radius 3 is 1.47 bits per heavy atom. The van der Waals surface area contributed by atoms with E-state index in [2.05, 4.69) is 12.2 Å². The third-order valence-electron chi connectivity index (χ3n) is 5.37. The Morgan fingerprint density at radius 2 is 1.03 bits per heavy atom. The molecule has 5 nitrogen and oxygen atoms in total. The fourth-order valence-electron chi connectivity index (χ4n) is 3.42. The molecule has 178 valence electrons. The van der Waals surface area contributed by atoms with Gasteiger partial charge in [-0.25, -0.2) is 9.59 Å². The molecule has 1 unspecified atom stereocenters. The van der Waals surface area contributed by atoms with Crippen LogP contribution < -0.4 is 5.32 Å². The number of nitrogens with one attached hydrogen (secondary N) is 1. The molecule has 0 rings (SSSR count). The molecule has 1 amide bonds. The van der Waals surface area contributed by atoms with Crippen LogP contribution in [0.2, 0.25) is 0 Å². The van der Waals surface area contributed by atoms with Crippen molar-refractivity contribution < 1.29 is 19.1 Å². The van der Waals surface area contributed by atoms with Crippen molar-refractivity contribution in [2.75, 3.05) is 13.2 Å². The minimum absolute atomic E-state index is 0.354. The third-order valence-corrected chi connectivity index (χ3v) is 5.37. The van der Waals surface area contributed by atoms with Crippen molar-refractivity contribution in [2.24, 2.45) is 0 Å². The number of hydrogen-bond donors (Lipinski definition) is 1. The number of amides is 1. The molecule has 0 saturated heterocycles. The standard InChI is InChI=1S/C25H49NO4/c1-4-6-7-8-9-10-11-12-13-14-15-16-17-18-19-20-22-29-24(27)23(3)26-25(28)30-21-5-2/h23H,4-22H2,1-3H3,(H,26,28). The normalized spacial score (nSPS) is 11.8. The van der Waals surface area contributed by atoms with Crippen LogP contribution in [0, 0.1) is 0 Å². The lowest BCUT2D eigenvalue weighted by Gasteiger charge is -2.13. The highest BCUT2D eigenvalue weighted by Crippen LogP contribution is 2.13. The zero-order valence-corrected chi connectivity index (χ0v) is 20.1. The van der Waals surface area contributed by atoms with Crippen LogP contribution in [0.5, 0.6) is 0 Å². The van der Waals surface area contributed by atoms with E-state index in [0.717, 1.165) is 19.3 Å². The van der Waals surface area contributed by atoms with E-state index in [1.54, 1.807) is 6.92 Å². The van der Waals surface area contributed by atoms with Gasteiger partial charge in [-0.2, -0.15) is 0 Å². The van der Waals surface area contributed by atoms with Crippen molar-refractivity contribution in [3.8, 4) is 0 Å². The van der Waals surface area contributed by atoms with Gasteiger partial charge in [-0.15, -0.1) is 0 Å². The van der Waals surface area contributed by atoms with Gasteiger partial charge >= 0.3 is 12.1 Å². The largest absolute Gasteiger partial charge is 0.464 e. The number of carbonyl (C=O) groups is 2. The minimum atomic E-state index is -0.671. The molecule has 0 radical (unpaired) electrons. The molecule has 0 aliphatic carbocycles. The Morgan fingerprint density at radius 1 is 0.600 bits per heavy atom. The second-order valence-corrected chi connectivity index (χ2v) is 8.47. The van der Waals surface area contributed by atoms with Gasteiger partial charge in [-0.1, -0.05) is 110 Å². The van der Waals surface area contributed by atoms with Gasteiger partial charge < -0.3 is 14.8 Å². The summed E-state index contributed by atoms with van der Waals surface area (Å²) in [4.78, 5) is 23.2. The number of hydrogen-bond acceptors (Lipinski definition) is 4. The summed E-state index contributed by atoms with van der Waals surface area (Å²) < 4.78 is 10.1. The lowest BCUT2D eigenvalue weighted by Crippen LogP contribution is -2.40. The molecule has 0 aliphatic rings. The lowest BCUT2D eigenvalue weighted by molar-refractivity contribution is -0.145. The predicted octanol–water partition coefficient (Wildman–Crippen LogP) is 7.32. The average Bonchev–Trinajstić information content (AvgIpc) is 2.74. The van der Waals surface area contributed by atoms with Crippen molar-refractivity contribution in [3.05, 3.63) is 0 Å². The summed E-state index contributed by atoms with van der Waals surface area (Å²) in [6.07, 6.45) is 21.3. The van der Waals surface area contributed by atoms with Gasteiger partial charge in [0, 0.05) is 0 Å². The van der Waals surface area contributed by atoms with Crippen LogP contribution >= 0.6 is 0 Å². The Hall–Kier alpha value is -1.26. The fraction of sp³-hybridized carbons (Fsp3) is 0.920. The summed E-state index contributed by atoms with van der Waals surface area (Å²) in [6, 6.07) is -0.671. The first kappa shape index (κ1) is 28.7. The molecular formula is C25H49NO4. The number of unbranched alkanes of at least 4 members (excludes halogenated alkanes) is 15. The van der Waals surface area contributed by atoms with Gasteiger partial charge in [0.1, 0.15) is 6.04 Å². The number of ether oxygens (including phenoxy) is 2. The molecule has 1 atom stereocenters. The summed E-state index contributed by atoms with van der Waals surface area (Å²) in [5.41, 5.74) is 0. The first-order valence-corrected chi connectivity index (χ1v) is 12.7. The average molecular weight is 428 g/mol. The Labute approximate surface area is 186 Å². The van der Waals surface area contributed by atoms with E-state index in [9.17, 15) is 9.59 Å². The predicted molar refractivity (Wildman–Crippen MR) is 125 cm³/mol. The van der Waals surface area contributed by atoms with E-state index in [0.29, 0.717) is 13.2 Å². The van der Waals surface area contributed by atoms with Crippen LogP contribution in [0.25, 0.3) is 0 Å². The van der Waals surface area contributed by atoms with Gasteiger partial charge in [0.15, 0.2) is 0 Å². The summed E-state index contributed by atoms with van der Waals surface area (Å²) in [7, 11) is 0. The Kier molecular flexibility index (Phi) is 21.5. The first-order valence-electron chi connectivity index (χ1n) is 12.7. The van der Waals surface area contributed by atoms with E-state index in [1.807, 2.05) is 6.92 Å². The second-order valence-electron chi connectivity index (χ2n) is 8.47. The van der Waals surface area contributed by atoms with E-state index < -0.39 is 18.1 Å². The van der Waals surface area contributed by atoms with Crippen LogP contribution in [0.4, 0.5) is 4.79 Å². The lowest BCUT2D eigenvalue weighted by atomic mass is 10.0. The van der Waals surface area contributed by atoms with Gasteiger partial charge in [0.05, 0.1) is 13.2 Å². The minimum Gasteiger partial charge on any atom is -0.464 e. The summed E-state index contributed by atoms with van der Waals surface area (Å²) in [5, 5.41) is 2.49.